The second-order valence-electron chi connectivity index (χ2n) is 9.75. The van der Waals surface area contributed by atoms with Crippen LogP contribution in [0.1, 0.15) is 43.6 Å². The molecule has 0 radical (unpaired) electrons. The van der Waals surface area contributed by atoms with Gasteiger partial charge in [-0.15, -0.1) is 0 Å². The molecular weight excluding hydrogens is 482 g/mol. The van der Waals surface area contributed by atoms with Crippen LogP contribution in [0.5, 0.6) is 5.75 Å². The number of fused-ring (bicyclic) bond motifs is 1. The molecule has 0 unspecified atom stereocenters. The molecule has 1 fully saturated rings. The number of nitrogens with two attached hydrogens (primary N) is 1. The number of nitrogens with zero attached hydrogens (tertiary/aromatic N) is 4. The van der Waals surface area contributed by atoms with Crippen molar-refractivity contribution in [2.45, 2.75) is 57.1 Å². The summed E-state index contributed by atoms with van der Waals surface area (Å²) < 4.78 is 12.3. The van der Waals surface area contributed by atoms with Crippen molar-refractivity contribution in [2.75, 3.05) is 18.9 Å². The molecule has 6 N–H and O–H groups in total. The Balaban J connectivity index is 1.35. The molecule has 198 valence electrons. The lowest BCUT2D eigenvalue weighted by Gasteiger charge is -2.22. The molecule has 1 aromatic carbocycles. The van der Waals surface area contributed by atoms with Crippen molar-refractivity contribution in [2.24, 2.45) is 0 Å². The predicted octanol–water partition coefficient (Wildman–Crippen LogP) is 0.777. The molecule has 3 aromatic rings. The molecule has 0 saturated heterocycles. The van der Waals surface area contributed by atoms with Gasteiger partial charge in [0.05, 0.1) is 37.2 Å². The normalized spacial score (nSPS) is 21.5. The number of hydrogen-bond donors (Lipinski definition) is 5. The number of imidazole rings is 1. The van der Waals surface area contributed by atoms with Gasteiger partial charge < -0.3 is 40.6 Å². The number of nitrogens with one attached hydrogen (secondary N) is 2. The molecule has 0 aliphatic heterocycles. The second kappa shape index (κ2) is 10.6. The van der Waals surface area contributed by atoms with Crippen LogP contribution in [-0.2, 0) is 4.74 Å². The van der Waals surface area contributed by atoms with Crippen molar-refractivity contribution >= 4 is 29.0 Å². The number of aromatic nitrogens is 4. The molecule has 2 heterocycles. The average molecular weight is 514 g/mol. The SMILES string of the molecule is CC(C)(C)OC(=O)NCCOc1cccc(C(=O)N[C@@H]2C[C@H](O)[C@@H](n3cnc4c(N)ncnc43)[C@@H]2O)c1. The number of ether oxygens (including phenoxy) is 2. The fraction of sp³-hybridized carbons (Fsp3) is 0.458. The van der Waals surface area contributed by atoms with Crippen LogP contribution < -0.4 is 21.1 Å². The maximum absolute atomic E-state index is 12.9. The molecule has 0 spiro atoms. The van der Waals surface area contributed by atoms with Crippen LogP contribution in [0.25, 0.3) is 11.2 Å². The topological polar surface area (TPSA) is 187 Å². The minimum Gasteiger partial charge on any atom is -0.492 e. The summed E-state index contributed by atoms with van der Waals surface area (Å²) in [5, 5.41) is 27.0. The van der Waals surface area contributed by atoms with Crippen molar-refractivity contribution in [3.8, 4) is 5.75 Å². The van der Waals surface area contributed by atoms with Gasteiger partial charge in [-0.25, -0.2) is 19.7 Å². The molecule has 37 heavy (non-hydrogen) atoms. The molecule has 4 rings (SSSR count). The summed E-state index contributed by atoms with van der Waals surface area (Å²) in [5.74, 6) is 0.195. The van der Waals surface area contributed by atoms with Gasteiger partial charge in [0.15, 0.2) is 11.5 Å². The van der Waals surface area contributed by atoms with Gasteiger partial charge in [-0.3, -0.25) is 4.79 Å². The van der Waals surface area contributed by atoms with E-state index < -0.39 is 41.9 Å². The number of carbonyl (C=O) groups excluding carboxylic acids is 2. The van der Waals surface area contributed by atoms with Crippen molar-refractivity contribution in [3.63, 3.8) is 0 Å². The summed E-state index contributed by atoms with van der Waals surface area (Å²) in [5.41, 5.74) is 6.31. The number of rotatable bonds is 7. The highest BCUT2D eigenvalue weighted by Gasteiger charge is 2.44. The first-order valence-electron chi connectivity index (χ1n) is 11.8. The van der Waals surface area contributed by atoms with E-state index in [0.717, 1.165) is 0 Å². The Kier molecular flexibility index (Phi) is 7.45. The third-order valence-corrected chi connectivity index (χ3v) is 5.81. The zero-order valence-corrected chi connectivity index (χ0v) is 20.8. The minimum atomic E-state index is -1.11. The van der Waals surface area contributed by atoms with E-state index in [9.17, 15) is 19.8 Å². The first-order valence-corrected chi connectivity index (χ1v) is 11.8. The van der Waals surface area contributed by atoms with E-state index in [0.29, 0.717) is 22.5 Å². The first-order chi connectivity index (χ1) is 17.5. The summed E-state index contributed by atoms with van der Waals surface area (Å²) in [6.45, 7) is 5.71. The van der Waals surface area contributed by atoms with Crippen LogP contribution >= 0.6 is 0 Å². The standard InChI is InChI=1S/C24H31N7O6/c1-24(2,3)37-23(35)26-7-8-36-14-6-4-5-13(9-14)22(34)30-15-10-16(32)18(19(15)33)31-12-29-17-20(25)27-11-28-21(17)31/h4-6,9,11-12,15-16,18-19,32-33H,7-8,10H2,1-3H3,(H,26,35)(H,30,34)(H2,25,27,28)/t15-,16+,18-,19-/m1/s1. The van der Waals surface area contributed by atoms with Crippen molar-refractivity contribution < 1.29 is 29.3 Å². The molecule has 1 aliphatic rings. The monoisotopic (exact) mass is 513 g/mol. The van der Waals surface area contributed by atoms with Crippen LogP contribution in [0.2, 0.25) is 0 Å². The van der Waals surface area contributed by atoms with E-state index in [2.05, 4.69) is 25.6 Å². The quantitative estimate of drug-likeness (QED) is 0.283. The maximum atomic E-state index is 12.9. The van der Waals surface area contributed by atoms with Gasteiger partial charge in [-0.1, -0.05) is 6.07 Å². The van der Waals surface area contributed by atoms with Crippen molar-refractivity contribution in [1.82, 2.24) is 30.2 Å². The largest absolute Gasteiger partial charge is 0.492 e. The third kappa shape index (κ3) is 6.06. The Morgan fingerprint density at radius 2 is 2.00 bits per heavy atom. The van der Waals surface area contributed by atoms with Crippen LogP contribution in [-0.4, -0.2) is 78.7 Å². The molecule has 2 amide bonds. The van der Waals surface area contributed by atoms with Crippen LogP contribution in [0.4, 0.5) is 10.6 Å². The predicted molar refractivity (Wildman–Crippen MR) is 133 cm³/mol. The Labute approximate surface area is 213 Å². The van der Waals surface area contributed by atoms with E-state index in [4.69, 9.17) is 15.2 Å². The molecule has 2 aromatic heterocycles. The third-order valence-electron chi connectivity index (χ3n) is 5.81. The highest BCUT2D eigenvalue weighted by Crippen LogP contribution is 2.33. The summed E-state index contributed by atoms with van der Waals surface area (Å²) in [6.07, 6.45) is 0.247. The Morgan fingerprint density at radius 3 is 2.76 bits per heavy atom. The van der Waals surface area contributed by atoms with Gasteiger partial charge in [-0.05, 0) is 45.4 Å². The zero-order valence-electron chi connectivity index (χ0n) is 20.8. The molecular formula is C24H31N7O6. The number of alkyl carbamates (subject to hydrolysis) is 1. The van der Waals surface area contributed by atoms with E-state index in [1.54, 1.807) is 49.6 Å². The summed E-state index contributed by atoms with van der Waals surface area (Å²) in [4.78, 5) is 36.9. The molecule has 13 heteroatoms. The molecule has 1 saturated carbocycles. The number of nitrogen functional groups attached to an aromatic ring is 1. The second-order valence-corrected chi connectivity index (χ2v) is 9.75. The number of amides is 2. The molecule has 4 atom stereocenters. The van der Waals surface area contributed by atoms with E-state index in [1.165, 1.54) is 12.7 Å². The van der Waals surface area contributed by atoms with E-state index in [-0.39, 0.29) is 25.4 Å². The Morgan fingerprint density at radius 1 is 1.22 bits per heavy atom. The lowest BCUT2D eigenvalue weighted by Crippen LogP contribution is -2.42. The lowest BCUT2D eigenvalue weighted by atomic mass is 10.1. The highest BCUT2D eigenvalue weighted by molar-refractivity contribution is 5.94. The Bertz CT molecular complexity index is 1270. The van der Waals surface area contributed by atoms with Gasteiger partial charge in [0, 0.05) is 5.56 Å². The van der Waals surface area contributed by atoms with Crippen molar-refractivity contribution in [1.29, 1.82) is 0 Å². The van der Waals surface area contributed by atoms with Gasteiger partial charge in [0.2, 0.25) is 0 Å². The fourth-order valence-corrected chi connectivity index (χ4v) is 4.20. The van der Waals surface area contributed by atoms with Crippen LogP contribution in [0.3, 0.4) is 0 Å². The number of hydrogen-bond acceptors (Lipinski definition) is 10. The number of aliphatic hydroxyl groups excluding tert-OH is 2. The lowest BCUT2D eigenvalue weighted by molar-refractivity contribution is 0.0520. The first kappa shape index (κ1) is 26.1. The average Bonchev–Trinajstić information content (AvgIpc) is 3.36. The smallest absolute Gasteiger partial charge is 0.407 e. The van der Waals surface area contributed by atoms with Crippen LogP contribution in [0.15, 0.2) is 36.9 Å². The number of aliphatic hydroxyl groups is 2. The molecule has 1 aliphatic carbocycles. The van der Waals surface area contributed by atoms with E-state index in [1.807, 2.05) is 0 Å². The number of carbonyl (C=O) groups is 2. The van der Waals surface area contributed by atoms with Crippen molar-refractivity contribution in [3.05, 3.63) is 42.5 Å². The Hall–Kier alpha value is -3.97. The summed E-state index contributed by atoms with van der Waals surface area (Å²) in [6, 6.07) is 5.02. The molecule has 13 nitrogen and oxygen atoms in total. The number of benzene rings is 1. The highest BCUT2D eigenvalue weighted by atomic mass is 16.6. The van der Waals surface area contributed by atoms with Gasteiger partial charge in [-0.2, -0.15) is 0 Å². The van der Waals surface area contributed by atoms with Crippen LogP contribution in [0, 0.1) is 0 Å². The maximum Gasteiger partial charge on any atom is 0.407 e. The fourth-order valence-electron chi connectivity index (χ4n) is 4.20. The summed E-state index contributed by atoms with van der Waals surface area (Å²) >= 11 is 0. The molecule has 0 bridgehead atoms. The minimum absolute atomic E-state index is 0.129. The number of anilines is 1. The van der Waals surface area contributed by atoms with E-state index >= 15 is 0 Å². The zero-order chi connectivity index (χ0) is 26.7. The van der Waals surface area contributed by atoms with Gasteiger partial charge >= 0.3 is 6.09 Å². The van der Waals surface area contributed by atoms with Gasteiger partial charge in [0.25, 0.3) is 5.91 Å². The summed E-state index contributed by atoms with van der Waals surface area (Å²) in [7, 11) is 0. The van der Waals surface area contributed by atoms with Gasteiger partial charge in [0.1, 0.15) is 29.8 Å².